The van der Waals surface area contributed by atoms with Crippen molar-refractivity contribution >= 4 is 69.8 Å². The second-order valence-corrected chi connectivity index (χ2v) is 12.4. The van der Waals surface area contributed by atoms with E-state index in [1.165, 1.54) is 27.1 Å². The molecule has 0 aliphatic carbocycles. The molecule has 0 radical (unpaired) electrons. The minimum atomic E-state index is -0.233. The standard InChI is InChI=1S/C32H17NO2S3/c34-31-29-21(16-23(36-29)18-10-4-1-5-11-18)25-26-28(38-27(25)20-14-8-3-9-15-20)22-17-24(19-12-6-2-7-13-19)37-30(22)32(35)33(26)31/h1-17H. The van der Waals surface area contributed by atoms with E-state index in [0.717, 1.165) is 57.7 Å². The average molecular weight is 544 g/mol. The molecule has 38 heavy (non-hydrogen) atoms. The van der Waals surface area contributed by atoms with E-state index < -0.39 is 0 Å². The summed E-state index contributed by atoms with van der Waals surface area (Å²) in [6.07, 6.45) is 0. The molecule has 0 N–H and O–H groups in total. The summed E-state index contributed by atoms with van der Waals surface area (Å²) in [5.74, 6) is 0. The van der Waals surface area contributed by atoms with Gasteiger partial charge in [0.2, 0.25) is 0 Å². The molecule has 0 saturated heterocycles. The van der Waals surface area contributed by atoms with Gasteiger partial charge in [-0.3, -0.25) is 9.59 Å². The number of aromatic nitrogens is 1. The van der Waals surface area contributed by atoms with Gasteiger partial charge in [-0.1, -0.05) is 91.0 Å². The maximum atomic E-state index is 14.0. The van der Waals surface area contributed by atoms with Crippen molar-refractivity contribution in [3.63, 3.8) is 0 Å². The maximum Gasteiger partial charge on any atom is 0.276 e. The number of hydrogen-bond acceptors (Lipinski definition) is 5. The topological polar surface area (TPSA) is 38.5 Å². The fraction of sp³-hybridized carbons (Fsp3) is 0. The SMILES string of the molecule is O=c1c2sc(-c3ccccc3)cc2c2sc(-c3ccccc3)c3c4cc(-c5ccccc5)sc4c(=O)n1c23. The minimum absolute atomic E-state index is 0.233. The van der Waals surface area contributed by atoms with E-state index in [0.29, 0.717) is 9.40 Å². The molecule has 6 heteroatoms. The Hall–Kier alpha value is -4.10. The van der Waals surface area contributed by atoms with Crippen molar-refractivity contribution in [1.82, 2.24) is 4.40 Å². The van der Waals surface area contributed by atoms with Crippen molar-refractivity contribution < 1.29 is 0 Å². The third kappa shape index (κ3) is 3.05. The third-order valence-electron chi connectivity index (χ3n) is 7.03. The van der Waals surface area contributed by atoms with Crippen LogP contribution in [0.5, 0.6) is 0 Å². The molecule has 0 aliphatic rings. The summed E-state index contributed by atoms with van der Waals surface area (Å²) < 4.78 is 3.67. The molecule has 0 spiro atoms. The molecule has 8 rings (SSSR count). The van der Waals surface area contributed by atoms with Crippen LogP contribution in [-0.2, 0) is 0 Å². The van der Waals surface area contributed by atoms with Crippen LogP contribution in [0.3, 0.4) is 0 Å². The normalized spacial score (nSPS) is 11.9. The minimum Gasteiger partial charge on any atom is -0.267 e. The Morgan fingerprint density at radius 1 is 0.500 bits per heavy atom. The molecule has 0 fully saturated rings. The van der Waals surface area contributed by atoms with Crippen molar-refractivity contribution in [3.8, 4) is 31.3 Å². The van der Waals surface area contributed by atoms with Crippen LogP contribution in [0.2, 0.25) is 0 Å². The second-order valence-electron chi connectivity index (χ2n) is 9.23. The largest absolute Gasteiger partial charge is 0.276 e. The van der Waals surface area contributed by atoms with Gasteiger partial charge in [0.1, 0.15) is 9.40 Å². The zero-order valence-electron chi connectivity index (χ0n) is 19.8. The fourth-order valence-electron chi connectivity index (χ4n) is 5.30. The summed E-state index contributed by atoms with van der Waals surface area (Å²) in [5, 5.41) is 2.82. The summed E-state index contributed by atoms with van der Waals surface area (Å²) in [5.41, 5.74) is 3.49. The Balaban J connectivity index is 1.58. The zero-order chi connectivity index (χ0) is 25.4. The number of pyridine rings is 2. The molecule has 8 aromatic rings. The van der Waals surface area contributed by atoms with Gasteiger partial charge in [0.05, 0.1) is 10.2 Å². The molecular weight excluding hydrogens is 527 g/mol. The van der Waals surface area contributed by atoms with Crippen molar-refractivity contribution in [2.75, 3.05) is 0 Å². The molecule has 180 valence electrons. The van der Waals surface area contributed by atoms with E-state index in [1.54, 1.807) is 11.3 Å². The first-order chi connectivity index (χ1) is 18.7. The number of nitrogens with zero attached hydrogens (tertiary/aromatic N) is 1. The highest BCUT2D eigenvalue weighted by molar-refractivity contribution is 7.27. The molecule has 0 aliphatic heterocycles. The van der Waals surface area contributed by atoms with Crippen LogP contribution in [-0.4, -0.2) is 4.40 Å². The first-order valence-corrected chi connectivity index (χ1v) is 14.6. The van der Waals surface area contributed by atoms with Crippen molar-refractivity contribution in [2.24, 2.45) is 0 Å². The smallest absolute Gasteiger partial charge is 0.267 e. The number of fused-ring (bicyclic) bond motifs is 4. The quantitative estimate of drug-likeness (QED) is 0.223. The molecule has 3 aromatic carbocycles. The fourth-order valence-corrected chi connectivity index (χ4v) is 8.90. The first-order valence-electron chi connectivity index (χ1n) is 12.2. The predicted molar refractivity (Wildman–Crippen MR) is 164 cm³/mol. The average Bonchev–Trinajstić information content (AvgIpc) is 3.70. The van der Waals surface area contributed by atoms with E-state index in [-0.39, 0.29) is 11.1 Å². The molecular formula is C32H17NO2S3. The number of hydrogen-bond donors (Lipinski definition) is 0. The molecule has 5 aromatic heterocycles. The molecule has 0 amide bonds. The molecule has 3 nitrogen and oxygen atoms in total. The van der Waals surface area contributed by atoms with Crippen LogP contribution >= 0.6 is 34.0 Å². The lowest BCUT2D eigenvalue weighted by molar-refractivity contribution is 1.10. The van der Waals surface area contributed by atoms with Gasteiger partial charge in [-0.15, -0.1) is 34.0 Å². The summed E-state index contributed by atoms with van der Waals surface area (Å²) in [7, 11) is 0. The van der Waals surface area contributed by atoms with Gasteiger partial charge in [-0.2, -0.15) is 0 Å². The monoisotopic (exact) mass is 543 g/mol. The molecule has 0 bridgehead atoms. The Kier molecular flexibility index (Phi) is 4.73. The Morgan fingerprint density at radius 3 is 1.53 bits per heavy atom. The molecule has 5 heterocycles. The van der Waals surface area contributed by atoms with Crippen molar-refractivity contribution in [3.05, 3.63) is 124 Å². The van der Waals surface area contributed by atoms with Crippen LogP contribution in [0, 0.1) is 0 Å². The van der Waals surface area contributed by atoms with Gasteiger partial charge < -0.3 is 0 Å². The lowest BCUT2D eigenvalue weighted by Crippen LogP contribution is -2.25. The summed E-state index contributed by atoms with van der Waals surface area (Å²) in [4.78, 5) is 31.2. The van der Waals surface area contributed by atoms with Crippen LogP contribution in [0.4, 0.5) is 0 Å². The number of rotatable bonds is 3. The first kappa shape index (κ1) is 21.9. The van der Waals surface area contributed by atoms with E-state index >= 15 is 0 Å². The van der Waals surface area contributed by atoms with Gasteiger partial charge in [-0.25, -0.2) is 4.40 Å². The Morgan fingerprint density at radius 2 is 0.974 bits per heavy atom. The van der Waals surface area contributed by atoms with Crippen molar-refractivity contribution in [2.45, 2.75) is 0 Å². The van der Waals surface area contributed by atoms with Crippen LogP contribution < -0.4 is 11.1 Å². The van der Waals surface area contributed by atoms with E-state index in [9.17, 15) is 9.59 Å². The number of thiophene rings is 3. The van der Waals surface area contributed by atoms with Crippen molar-refractivity contribution in [1.29, 1.82) is 0 Å². The summed E-state index contributed by atoms with van der Waals surface area (Å²) in [6.45, 7) is 0. The predicted octanol–water partition coefficient (Wildman–Crippen LogP) is 8.74. The maximum absolute atomic E-state index is 14.0. The Bertz CT molecular complexity index is 2240. The summed E-state index contributed by atoms with van der Waals surface area (Å²) in [6, 6.07) is 34.8. The molecule has 0 unspecified atom stereocenters. The highest BCUT2D eigenvalue weighted by atomic mass is 32.1. The molecule has 0 atom stereocenters. The van der Waals surface area contributed by atoms with Gasteiger partial charge in [0.15, 0.2) is 0 Å². The van der Waals surface area contributed by atoms with Gasteiger partial charge in [0.25, 0.3) is 11.1 Å². The van der Waals surface area contributed by atoms with Gasteiger partial charge in [-0.05, 0) is 28.8 Å². The lowest BCUT2D eigenvalue weighted by atomic mass is 10.1. The van der Waals surface area contributed by atoms with Gasteiger partial charge in [0, 0.05) is 30.8 Å². The van der Waals surface area contributed by atoms with Crippen LogP contribution in [0.25, 0.3) is 67.1 Å². The Labute approximate surface area is 228 Å². The second kappa shape index (κ2) is 8.20. The van der Waals surface area contributed by atoms with E-state index in [1.807, 2.05) is 54.6 Å². The lowest BCUT2D eigenvalue weighted by Gasteiger charge is -2.04. The zero-order valence-corrected chi connectivity index (χ0v) is 22.3. The third-order valence-corrected chi connectivity index (χ3v) is 10.6. The van der Waals surface area contributed by atoms with E-state index in [2.05, 4.69) is 48.5 Å². The highest BCUT2D eigenvalue weighted by Gasteiger charge is 2.25. The highest BCUT2D eigenvalue weighted by Crippen LogP contribution is 2.48. The summed E-state index contributed by atoms with van der Waals surface area (Å²) >= 11 is 4.61. The van der Waals surface area contributed by atoms with Crippen LogP contribution in [0.15, 0.2) is 113 Å². The molecule has 0 saturated carbocycles. The van der Waals surface area contributed by atoms with Crippen LogP contribution in [0.1, 0.15) is 0 Å². The van der Waals surface area contributed by atoms with E-state index in [4.69, 9.17) is 0 Å². The van der Waals surface area contributed by atoms with Gasteiger partial charge >= 0.3 is 0 Å². The number of benzene rings is 3.